The molecule has 0 aromatic rings. The smallest absolute Gasteiger partial charge is 0.407 e. The van der Waals surface area contributed by atoms with Crippen molar-refractivity contribution in [2.24, 2.45) is 5.92 Å². The Hall–Kier alpha value is -0.810. The Labute approximate surface area is 116 Å². The topological polar surface area (TPSA) is 53.6 Å². The van der Waals surface area contributed by atoms with Crippen LogP contribution in [0.2, 0.25) is 0 Å². The maximum absolute atomic E-state index is 11.5. The maximum Gasteiger partial charge on any atom is 0.407 e. The first-order chi connectivity index (χ1) is 8.94. The van der Waals surface area contributed by atoms with Gasteiger partial charge in [-0.05, 0) is 46.1 Å². The second-order valence-corrected chi connectivity index (χ2v) is 6.73. The zero-order valence-electron chi connectivity index (χ0n) is 12.4. The number of carbonyl (C=O) groups excluding carboxylic acids is 1. The number of likely N-dealkylation sites (tertiary alicyclic amines) is 1. The van der Waals surface area contributed by atoms with E-state index in [2.05, 4.69) is 15.5 Å². The Morgan fingerprint density at radius 2 is 2.21 bits per heavy atom. The monoisotopic (exact) mass is 269 g/mol. The minimum atomic E-state index is -0.313. The maximum atomic E-state index is 11.5. The molecule has 2 aliphatic rings. The zero-order chi connectivity index (χ0) is 13.9. The van der Waals surface area contributed by atoms with E-state index in [1.807, 2.05) is 20.8 Å². The van der Waals surface area contributed by atoms with E-state index in [-0.39, 0.29) is 11.6 Å². The fraction of sp³-hybridized carbons (Fsp3) is 0.929. The molecule has 2 N–H and O–H groups in total. The van der Waals surface area contributed by atoms with Crippen LogP contribution < -0.4 is 10.6 Å². The average molecular weight is 269 g/mol. The Kier molecular flexibility index (Phi) is 4.68. The van der Waals surface area contributed by atoms with Crippen LogP contribution in [-0.4, -0.2) is 55.4 Å². The van der Waals surface area contributed by atoms with Gasteiger partial charge in [-0.2, -0.15) is 0 Å². The van der Waals surface area contributed by atoms with E-state index in [0.29, 0.717) is 12.6 Å². The van der Waals surface area contributed by atoms with Crippen LogP contribution in [0.1, 0.15) is 33.6 Å². The molecular formula is C14H27N3O2. The number of fused-ring (bicyclic) bond motifs is 1. The first-order valence-electron chi connectivity index (χ1n) is 7.35. The Morgan fingerprint density at radius 1 is 1.42 bits per heavy atom. The third-order valence-electron chi connectivity index (χ3n) is 3.77. The molecule has 5 nitrogen and oxygen atoms in total. The third kappa shape index (κ3) is 4.66. The summed E-state index contributed by atoms with van der Waals surface area (Å²) in [5.74, 6) is 0.838. The van der Waals surface area contributed by atoms with Crippen molar-refractivity contribution in [3.05, 3.63) is 0 Å². The summed E-state index contributed by atoms with van der Waals surface area (Å²) in [6.07, 6.45) is 1.91. The van der Waals surface area contributed by atoms with Gasteiger partial charge < -0.3 is 20.3 Å². The van der Waals surface area contributed by atoms with Crippen molar-refractivity contribution in [3.63, 3.8) is 0 Å². The highest BCUT2D eigenvalue weighted by Crippen LogP contribution is 2.24. The Bertz CT molecular complexity index is 302. The van der Waals surface area contributed by atoms with Crippen LogP contribution in [0.5, 0.6) is 0 Å². The summed E-state index contributed by atoms with van der Waals surface area (Å²) in [7, 11) is 0. The largest absolute Gasteiger partial charge is 0.450 e. The molecule has 2 heterocycles. The molecule has 0 aromatic carbocycles. The van der Waals surface area contributed by atoms with Gasteiger partial charge in [0.2, 0.25) is 0 Å². The molecule has 0 saturated carbocycles. The van der Waals surface area contributed by atoms with Crippen molar-refractivity contribution < 1.29 is 9.53 Å². The van der Waals surface area contributed by atoms with Gasteiger partial charge in [-0.15, -0.1) is 0 Å². The molecule has 19 heavy (non-hydrogen) atoms. The molecular weight excluding hydrogens is 242 g/mol. The van der Waals surface area contributed by atoms with E-state index < -0.39 is 0 Å². The number of rotatable bonds is 4. The van der Waals surface area contributed by atoms with Crippen molar-refractivity contribution in [2.75, 3.05) is 32.8 Å². The molecule has 5 heteroatoms. The summed E-state index contributed by atoms with van der Waals surface area (Å²) < 4.78 is 5.18. The molecule has 110 valence electrons. The van der Waals surface area contributed by atoms with Gasteiger partial charge in [0.25, 0.3) is 0 Å². The third-order valence-corrected chi connectivity index (χ3v) is 3.77. The summed E-state index contributed by atoms with van der Waals surface area (Å²) in [5.41, 5.74) is -0.227. The van der Waals surface area contributed by atoms with Crippen molar-refractivity contribution in [1.82, 2.24) is 15.5 Å². The van der Waals surface area contributed by atoms with Crippen LogP contribution in [0.15, 0.2) is 0 Å². The highest BCUT2D eigenvalue weighted by atomic mass is 16.5. The number of alkyl carbamates (subject to hydrolysis) is 1. The normalized spacial score (nSPS) is 27.3. The number of nitrogens with zero attached hydrogens (tertiary/aromatic N) is 1. The lowest BCUT2D eigenvalue weighted by Gasteiger charge is -2.20. The lowest BCUT2D eigenvalue weighted by atomic mass is 10.1. The van der Waals surface area contributed by atoms with E-state index in [0.717, 1.165) is 25.4 Å². The van der Waals surface area contributed by atoms with Crippen LogP contribution in [0.4, 0.5) is 4.79 Å². The van der Waals surface area contributed by atoms with E-state index in [4.69, 9.17) is 4.74 Å². The number of hydrogen-bond donors (Lipinski definition) is 2. The van der Waals surface area contributed by atoms with Crippen molar-refractivity contribution in [3.8, 4) is 0 Å². The van der Waals surface area contributed by atoms with Crippen LogP contribution >= 0.6 is 0 Å². The first kappa shape index (κ1) is 14.6. The number of hydrogen-bond acceptors (Lipinski definition) is 4. The first-order valence-corrected chi connectivity index (χ1v) is 7.35. The Morgan fingerprint density at radius 3 is 2.89 bits per heavy atom. The Balaban J connectivity index is 1.54. The SMILES string of the molecule is CC(C)(C)NC(=O)OCCCN1CC2CCNC2C1. The molecule has 0 aromatic heterocycles. The van der Waals surface area contributed by atoms with Gasteiger partial charge in [0, 0.05) is 31.2 Å². The quantitative estimate of drug-likeness (QED) is 0.753. The minimum Gasteiger partial charge on any atom is -0.450 e. The summed E-state index contributed by atoms with van der Waals surface area (Å²) in [5, 5.41) is 6.34. The predicted octanol–water partition coefficient (Wildman–Crippen LogP) is 1.19. The molecule has 0 spiro atoms. The highest BCUT2D eigenvalue weighted by Gasteiger charge is 2.35. The van der Waals surface area contributed by atoms with Crippen molar-refractivity contribution in [1.29, 1.82) is 0 Å². The van der Waals surface area contributed by atoms with Gasteiger partial charge >= 0.3 is 6.09 Å². The van der Waals surface area contributed by atoms with Crippen molar-refractivity contribution in [2.45, 2.75) is 45.2 Å². The predicted molar refractivity (Wildman–Crippen MR) is 75.2 cm³/mol. The van der Waals surface area contributed by atoms with Gasteiger partial charge in [-0.3, -0.25) is 0 Å². The van der Waals surface area contributed by atoms with Gasteiger partial charge in [-0.1, -0.05) is 0 Å². The van der Waals surface area contributed by atoms with Crippen LogP contribution in [0, 0.1) is 5.92 Å². The molecule has 2 aliphatic heterocycles. The number of carbonyl (C=O) groups is 1. The zero-order valence-corrected chi connectivity index (χ0v) is 12.4. The fourth-order valence-electron chi connectivity index (χ4n) is 2.92. The number of amides is 1. The second kappa shape index (κ2) is 6.09. The molecule has 2 rings (SSSR count). The number of nitrogens with one attached hydrogen (secondary N) is 2. The summed E-state index contributed by atoms with van der Waals surface area (Å²) in [4.78, 5) is 13.9. The summed E-state index contributed by atoms with van der Waals surface area (Å²) in [6, 6.07) is 0.699. The van der Waals surface area contributed by atoms with Gasteiger partial charge in [0.15, 0.2) is 0 Å². The fourth-order valence-corrected chi connectivity index (χ4v) is 2.92. The molecule has 0 aliphatic carbocycles. The van der Waals surface area contributed by atoms with Crippen LogP contribution in [-0.2, 0) is 4.74 Å². The molecule has 2 atom stereocenters. The second-order valence-electron chi connectivity index (χ2n) is 6.73. The van der Waals surface area contributed by atoms with Gasteiger partial charge in [-0.25, -0.2) is 4.79 Å². The summed E-state index contributed by atoms with van der Waals surface area (Å²) >= 11 is 0. The molecule has 2 saturated heterocycles. The van der Waals surface area contributed by atoms with Gasteiger partial charge in [0.1, 0.15) is 0 Å². The van der Waals surface area contributed by atoms with E-state index in [1.54, 1.807) is 0 Å². The lowest BCUT2D eigenvalue weighted by Crippen LogP contribution is -2.41. The molecule has 1 amide bonds. The lowest BCUT2D eigenvalue weighted by molar-refractivity contribution is 0.131. The van der Waals surface area contributed by atoms with E-state index in [9.17, 15) is 4.79 Å². The standard InChI is InChI=1S/C14H27N3O2/c1-14(2,3)16-13(18)19-8-4-7-17-9-11-5-6-15-12(11)10-17/h11-12,15H,4-10H2,1-3H3,(H,16,18). The highest BCUT2D eigenvalue weighted by molar-refractivity contribution is 5.67. The van der Waals surface area contributed by atoms with Gasteiger partial charge in [0.05, 0.1) is 6.61 Å². The van der Waals surface area contributed by atoms with Crippen molar-refractivity contribution >= 4 is 6.09 Å². The minimum absolute atomic E-state index is 0.227. The van der Waals surface area contributed by atoms with E-state index >= 15 is 0 Å². The van der Waals surface area contributed by atoms with Crippen LogP contribution in [0.3, 0.4) is 0 Å². The molecule has 2 fully saturated rings. The summed E-state index contributed by atoms with van der Waals surface area (Å²) in [6.45, 7) is 10.9. The molecule has 0 bridgehead atoms. The average Bonchev–Trinajstić information content (AvgIpc) is 2.81. The van der Waals surface area contributed by atoms with E-state index in [1.165, 1.54) is 19.5 Å². The number of ether oxygens (including phenoxy) is 1. The van der Waals surface area contributed by atoms with Crippen LogP contribution in [0.25, 0.3) is 0 Å². The molecule has 2 unspecified atom stereocenters. The molecule has 0 radical (unpaired) electrons.